The quantitative estimate of drug-likeness (QED) is 0.402. The number of carbonyl (C=O) groups is 1. The summed E-state index contributed by atoms with van der Waals surface area (Å²) in [5, 5.41) is 0. The van der Waals surface area contributed by atoms with Gasteiger partial charge in [0, 0.05) is 7.05 Å². The van der Waals surface area contributed by atoms with Crippen molar-refractivity contribution in [2.75, 3.05) is 20.4 Å². The lowest BCUT2D eigenvalue weighted by Gasteiger charge is -2.18. The standard InChI is InChI=1S/C10H19NO4S/c1-5-6-7-8-9(10(12)15-3)11(2)16(4,13)14/h8H,5-7H2,1-4H3/b9-8-. The summed E-state index contributed by atoms with van der Waals surface area (Å²) in [4.78, 5) is 11.4. The topological polar surface area (TPSA) is 63.7 Å². The number of sulfonamides is 1. The molecule has 5 nitrogen and oxygen atoms in total. The molecule has 16 heavy (non-hydrogen) atoms. The average molecular weight is 249 g/mol. The number of unbranched alkanes of at least 4 members (excludes halogenated alkanes) is 2. The van der Waals surface area contributed by atoms with E-state index >= 15 is 0 Å². The van der Waals surface area contributed by atoms with Crippen LogP contribution < -0.4 is 0 Å². The van der Waals surface area contributed by atoms with Crippen molar-refractivity contribution in [1.82, 2.24) is 4.31 Å². The minimum atomic E-state index is -3.43. The zero-order valence-electron chi connectivity index (χ0n) is 10.2. The molecule has 0 fully saturated rings. The fourth-order valence-electron chi connectivity index (χ4n) is 1.07. The fraction of sp³-hybridized carbons (Fsp3) is 0.700. The van der Waals surface area contributed by atoms with Crippen LogP contribution in [0.3, 0.4) is 0 Å². The van der Waals surface area contributed by atoms with Crippen molar-refractivity contribution in [1.29, 1.82) is 0 Å². The number of rotatable bonds is 6. The zero-order chi connectivity index (χ0) is 12.8. The van der Waals surface area contributed by atoms with Crippen LogP contribution in [0.4, 0.5) is 0 Å². The van der Waals surface area contributed by atoms with Crippen LogP contribution in [0.25, 0.3) is 0 Å². The van der Waals surface area contributed by atoms with E-state index < -0.39 is 16.0 Å². The maximum absolute atomic E-state index is 11.4. The van der Waals surface area contributed by atoms with E-state index in [1.54, 1.807) is 6.08 Å². The van der Waals surface area contributed by atoms with Gasteiger partial charge in [-0.3, -0.25) is 4.31 Å². The third kappa shape index (κ3) is 4.65. The molecule has 0 aromatic carbocycles. The first-order valence-electron chi connectivity index (χ1n) is 5.07. The minimum absolute atomic E-state index is 0.0680. The summed E-state index contributed by atoms with van der Waals surface area (Å²) >= 11 is 0. The Morgan fingerprint density at radius 3 is 2.38 bits per heavy atom. The molecule has 0 amide bonds. The van der Waals surface area contributed by atoms with Crippen LogP contribution in [-0.4, -0.2) is 39.1 Å². The minimum Gasteiger partial charge on any atom is -0.464 e. The maximum atomic E-state index is 11.4. The van der Waals surface area contributed by atoms with Crippen molar-refractivity contribution in [3.8, 4) is 0 Å². The van der Waals surface area contributed by atoms with Crippen molar-refractivity contribution in [2.45, 2.75) is 26.2 Å². The number of allylic oxidation sites excluding steroid dienone is 1. The Hall–Kier alpha value is -1.04. The Kier molecular flexibility index (Phi) is 6.10. The second-order valence-electron chi connectivity index (χ2n) is 3.45. The SMILES string of the molecule is CCCC/C=C(/C(=O)OC)N(C)S(C)(=O)=O. The molecule has 0 aromatic heterocycles. The molecule has 0 aliphatic rings. The number of likely N-dealkylation sites (N-methyl/N-ethyl adjacent to an activating group) is 1. The second kappa shape index (κ2) is 6.52. The van der Waals surface area contributed by atoms with Gasteiger partial charge in [0.15, 0.2) is 0 Å². The van der Waals surface area contributed by atoms with E-state index in [0.29, 0.717) is 6.42 Å². The first-order chi connectivity index (χ1) is 7.34. The number of esters is 1. The van der Waals surface area contributed by atoms with E-state index in [1.165, 1.54) is 14.2 Å². The van der Waals surface area contributed by atoms with Crippen LogP contribution in [0.1, 0.15) is 26.2 Å². The maximum Gasteiger partial charge on any atom is 0.354 e. The van der Waals surface area contributed by atoms with Crippen LogP contribution in [0.5, 0.6) is 0 Å². The van der Waals surface area contributed by atoms with E-state index in [9.17, 15) is 13.2 Å². The van der Waals surface area contributed by atoms with Crippen molar-refractivity contribution >= 4 is 16.0 Å². The highest BCUT2D eigenvalue weighted by Gasteiger charge is 2.21. The van der Waals surface area contributed by atoms with E-state index in [2.05, 4.69) is 4.74 Å². The highest BCUT2D eigenvalue weighted by Crippen LogP contribution is 2.11. The van der Waals surface area contributed by atoms with Crippen molar-refractivity contribution in [2.24, 2.45) is 0 Å². The fourth-order valence-corrected chi connectivity index (χ4v) is 1.57. The predicted molar refractivity (Wildman–Crippen MR) is 62.2 cm³/mol. The molecule has 0 rings (SSSR count). The van der Waals surface area contributed by atoms with Gasteiger partial charge in [-0.25, -0.2) is 13.2 Å². The number of hydrogen-bond donors (Lipinski definition) is 0. The smallest absolute Gasteiger partial charge is 0.354 e. The lowest BCUT2D eigenvalue weighted by molar-refractivity contribution is -0.137. The van der Waals surface area contributed by atoms with E-state index in [1.807, 2.05) is 6.92 Å². The van der Waals surface area contributed by atoms with Gasteiger partial charge in [-0.05, 0) is 12.8 Å². The Morgan fingerprint density at radius 1 is 1.44 bits per heavy atom. The highest BCUT2D eigenvalue weighted by molar-refractivity contribution is 7.88. The summed E-state index contributed by atoms with van der Waals surface area (Å²) in [6, 6.07) is 0. The molecule has 0 aliphatic heterocycles. The number of nitrogens with zero attached hydrogens (tertiary/aromatic N) is 1. The molecule has 6 heteroatoms. The van der Waals surface area contributed by atoms with E-state index in [4.69, 9.17) is 0 Å². The summed E-state index contributed by atoms with van der Waals surface area (Å²) < 4.78 is 28.1. The van der Waals surface area contributed by atoms with Gasteiger partial charge < -0.3 is 4.74 Å². The molecule has 0 aliphatic carbocycles. The Morgan fingerprint density at radius 2 is 2.00 bits per heavy atom. The molecule has 0 saturated heterocycles. The molecule has 0 bridgehead atoms. The van der Waals surface area contributed by atoms with Gasteiger partial charge in [-0.15, -0.1) is 0 Å². The summed E-state index contributed by atoms with van der Waals surface area (Å²) in [5.74, 6) is -0.635. The molecular weight excluding hydrogens is 230 g/mol. The van der Waals surface area contributed by atoms with Crippen LogP contribution >= 0.6 is 0 Å². The molecule has 94 valence electrons. The summed E-state index contributed by atoms with van der Waals surface area (Å²) in [6.07, 6.45) is 5.17. The number of methoxy groups -OCH3 is 1. The van der Waals surface area contributed by atoms with Gasteiger partial charge >= 0.3 is 5.97 Å². The molecule has 0 aromatic rings. The van der Waals surface area contributed by atoms with Crippen LogP contribution in [0.15, 0.2) is 11.8 Å². The third-order valence-corrected chi connectivity index (χ3v) is 3.32. The van der Waals surface area contributed by atoms with E-state index in [0.717, 1.165) is 23.4 Å². The summed E-state index contributed by atoms with van der Waals surface area (Å²) in [7, 11) is -0.864. The molecule has 0 heterocycles. The molecule has 0 N–H and O–H groups in total. The Balaban J connectivity index is 4.95. The Bertz CT molecular complexity index is 359. The number of ether oxygens (including phenoxy) is 1. The summed E-state index contributed by atoms with van der Waals surface area (Å²) in [5.41, 5.74) is 0.0680. The van der Waals surface area contributed by atoms with E-state index in [-0.39, 0.29) is 5.70 Å². The molecule has 0 unspecified atom stereocenters. The second-order valence-corrected chi connectivity index (χ2v) is 5.47. The van der Waals surface area contributed by atoms with Gasteiger partial charge in [-0.1, -0.05) is 19.4 Å². The lowest BCUT2D eigenvalue weighted by atomic mass is 10.2. The summed E-state index contributed by atoms with van der Waals surface area (Å²) in [6.45, 7) is 2.02. The molecule has 0 atom stereocenters. The number of hydrogen-bond acceptors (Lipinski definition) is 4. The number of carbonyl (C=O) groups excluding carboxylic acids is 1. The lowest BCUT2D eigenvalue weighted by Crippen LogP contribution is -2.29. The largest absolute Gasteiger partial charge is 0.464 e. The van der Waals surface area contributed by atoms with Gasteiger partial charge in [0.2, 0.25) is 10.0 Å². The van der Waals surface area contributed by atoms with Crippen molar-refractivity contribution < 1.29 is 17.9 Å². The molecule has 0 saturated carbocycles. The predicted octanol–water partition coefficient (Wildman–Crippen LogP) is 1.12. The zero-order valence-corrected chi connectivity index (χ0v) is 11.0. The first kappa shape index (κ1) is 15.0. The highest BCUT2D eigenvalue weighted by atomic mass is 32.2. The van der Waals surface area contributed by atoms with Gasteiger partial charge in [0.1, 0.15) is 5.70 Å². The normalized spacial score (nSPS) is 12.4. The van der Waals surface area contributed by atoms with Gasteiger partial charge in [-0.2, -0.15) is 0 Å². The molecule has 0 radical (unpaired) electrons. The third-order valence-electron chi connectivity index (χ3n) is 2.13. The average Bonchev–Trinajstić information content (AvgIpc) is 2.21. The van der Waals surface area contributed by atoms with Crippen molar-refractivity contribution in [3.05, 3.63) is 11.8 Å². The first-order valence-corrected chi connectivity index (χ1v) is 6.91. The van der Waals surface area contributed by atoms with Crippen molar-refractivity contribution in [3.63, 3.8) is 0 Å². The van der Waals surface area contributed by atoms with Gasteiger partial charge in [0.05, 0.1) is 13.4 Å². The van der Waals surface area contributed by atoms with Gasteiger partial charge in [0.25, 0.3) is 0 Å². The van der Waals surface area contributed by atoms with Crippen LogP contribution in [0, 0.1) is 0 Å². The Labute approximate surface area is 97.1 Å². The monoisotopic (exact) mass is 249 g/mol. The molecule has 0 spiro atoms. The van der Waals surface area contributed by atoms with Crippen LogP contribution in [-0.2, 0) is 19.6 Å². The van der Waals surface area contributed by atoms with Crippen LogP contribution in [0.2, 0.25) is 0 Å². The molecular formula is C10H19NO4S.